The van der Waals surface area contributed by atoms with Crippen molar-refractivity contribution in [2.75, 3.05) is 11.9 Å². The summed E-state index contributed by atoms with van der Waals surface area (Å²) in [4.78, 5) is 12.1. The Kier molecular flexibility index (Phi) is 6.96. The molecule has 116 valence electrons. The Labute approximate surface area is 141 Å². The maximum Gasteiger partial charge on any atom is 0.279 e. The Morgan fingerprint density at radius 2 is 1.90 bits per heavy atom. The number of nitrogens with two attached hydrogens (primary N) is 1. The second-order valence-corrected chi connectivity index (χ2v) is 7.30. The van der Waals surface area contributed by atoms with Crippen LogP contribution in [0.2, 0.25) is 0 Å². The molecular weight excluding hydrogens is 375 g/mol. The summed E-state index contributed by atoms with van der Waals surface area (Å²) in [6.07, 6.45) is 9.26. The van der Waals surface area contributed by atoms with E-state index in [2.05, 4.69) is 39.3 Å². The third-order valence-corrected chi connectivity index (χ3v) is 4.92. The zero-order valence-electron chi connectivity index (χ0n) is 12.8. The molecule has 0 atom stereocenters. The van der Waals surface area contributed by atoms with Crippen LogP contribution in [0.25, 0.3) is 0 Å². The highest BCUT2D eigenvalue weighted by molar-refractivity contribution is 14.1. The molecule has 2 rings (SSSR count). The number of anilines is 1. The molecule has 0 unspecified atom stereocenters. The van der Waals surface area contributed by atoms with Crippen LogP contribution in [0, 0.1) is 10.5 Å². The lowest BCUT2D eigenvalue weighted by Crippen LogP contribution is -2.91. The molecule has 3 N–H and O–H groups in total. The lowest BCUT2D eigenvalue weighted by molar-refractivity contribution is -0.680. The van der Waals surface area contributed by atoms with Crippen LogP contribution in [-0.4, -0.2) is 18.5 Å². The Morgan fingerprint density at radius 1 is 1.24 bits per heavy atom. The van der Waals surface area contributed by atoms with Gasteiger partial charge >= 0.3 is 0 Å². The molecule has 0 radical (unpaired) electrons. The van der Waals surface area contributed by atoms with Gasteiger partial charge in [0.2, 0.25) is 0 Å². The van der Waals surface area contributed by atoms with E-state index in [0.29, 0.717) is 12.6 Å². The molecule has 3 nitrogen and oxygen atoms in total. The van der Waals surface area contributed by atoms with Crippen LogP contribution in [0.1, 0.15) is 50.5 Å². The van der Waals surface area contributed by atoms with Crippen molar-refractivity contribution in [2.24, 2.45) is 0 Å². The number of hydrogen-bond donors (Lipinski definition) is 2. The van der Waals surface area contributed by atoms with Crippen molar-refractivity contribution in [3.8, 4) is 0 Å². The van der Waals surface area contributed by atoms with Gasteiger partial charge in [0.25, 0.3) is 5.91 Å². The second kappa shape index (κ2) is 8.73. The quantitative estimate of drug-likeness (QED) is 0.748. The molecule has 0 spiro atoms. The second-order valence-electron chi connectivity index (χ2n) is 6.05. The van der Waals surface area contributed by atoms with Crippen LogP contribution >= 0.6 is 22.6 Å². The largest absolute Gasteiger partial charge is 0.336 e. The Balaban J connectivity index is 1.78. The van der Waals surface area contributed by atoms with Crippen LogP contribution in [-0.2, 0) is 4.79 Å². The predicted octanol–water partition coefficient (Wildman–Crippen LogP) is 3.21. The van der Waals surface area contributed by atoms with E-state index in [9.17, 15) is 4.79 Å². The summed E-state index contributed by atoms with van der Waals surface area (Å²) in [7, 11) is 0. The van der Waals surface area contributed by atoms with E-state index >= 15 is 0 Å². The fraction of sp³-hybridized carbons (Fsp3) is 0.588. The first kappa shape index (κ1) is 16.7. The molecule has 1 aliphatic carbocycles. The average Bonchev–Trinajstić information content (AvgIpc) is 2.41. The van der Waals surface area contributed by atoms with E-state index < -0.39 is 0 Å². The van der Waals surface area contributed by atoms with Crippen molar-refractivity contribution in [1.29, 1.82) is 0 Å². The average molecular weight is 401 g/mol. The zero-order valence-corrected chi connectivity index (χ0v) is 15.0. The monoisotopic (exact) mass is 401 g/mol. The van der Waals surface area contributed by atoms with Gasteiger partial charge in [-0.25, -0.2) is 0 Å². The fourth-order valence-corrected chi connectivity index (χ4v) is 3.61. The first-order valence-corrected chi connectivity index (χ1v) is 9.12. The maximum atomic E-state index is 12.1. The van der Waals surface area contributed by atoms with Gasteiger partial charge in [0.05, 0.1) is 6.04 Å². The predicted molar refractivity (Wildman–Crippen MR) is 95.4 cm³/mol. The first-order chi connectivity index (χ1) is 10.1. The number of halogens is 1. The molecule has 21 heavy (non-hydrogen) atoms. The van der Waals surface area contributed by atoms with Crippen molar-refractivity contribution in [2.45, 2.75) is 57.9 Å². The van der Waals surface area contributed by atoms with Gasteiger partial charge in [-0.3, -0.25) is 4.79 Å². The van der Waals surface area contributed by atoms with E-state index in [1.807, 2.05) is 19.1 Å². The molecule has 0 saturated heterocycles. The number of quaternary nitrogens is 1. The summed E-state index contributed by atoms with van der Waals surface area (Å²) in [5, 5.41) is 5.27. The molecular formula is C17H26IN2O+. The Bertz CT molecular complexity index is 468. The minimum Gasteiger partial charge on any atom is -0.336 e. The third-order valence-electron chi connectivity index (χ3n) is 4.25. The van der Waals surface area contributed by atoms with Gasteiger partial charge in [0.1, 0.15) is 0 Å². The van der Waals surface area contributed by atoms with E-state index in [1.165, 1.54) is 48.5 Å². The number of hydrogen-bond acceptors (Lipinski definition) is 1. The Morgan fingerprint density at radius 3 is 2.57 bits per heavy atom. The van der Waals surface area contributed by atoms with Crippen LogP contribution in [0.5, 0.6) is 0 Å². The van der Waals surface area contributed by atoms with Crippen molar-refractivity contribution in [3.63, 3.8) is 0 Å². The van der Waals surface area contributed by atoms with Gasteiger partial charge in [-0.05, 0) is 79.0 Å². The molecule has 0 heterocycles. The van der Waals surface area contributed by atoms with Crippen LogP contribution in [0.15, 0.2) is 18.2 Å². The number of benzene rings is 1. The normalized spacial score (nSPS) is 17.0. The third kappa shape index (κ3) is 5.94. The number of carbonyl (C=O) groups is 1. The molecule has 1 amide bonds. The molecule has 1 aromatic rings. The molecule has 1 fully saturated rings. The number of aryl methyl sites for hydroxylation is 1. The van der Waals surface area contributed by atoms with E-state index in [0.717, 1.165) is 11.3 Å². The summed E-state index contributed by atoms with van der Waals surface area (Å²) in [5.74, 6) is 0.112. The van der Waals surface area contributed by atoms with Crippen molar-refractivity contribution >= 4 is 34.2 Å². The summed E-state index contributed by atoms with van der Waals surface area (Å²) < 4.78 is 1.20. The molecule has 0 aromatic heterocycles. The molecule has 4 heteroatoms. The van der Waals surface area contributed by atoms with Gasteiger partial charge in [-0.2, -0.15) is 0 Å². The summed E-state index contributed by atoms with van der Waals surface area (Å²) in [6, 6.07) is 6.75. The van der Waals surface area contributed by atoms with E-state index in [-0.39, 0.29) is 5.91 Å². The van der Waals surface area contributed by atoms with Crippen molar-refractivity contribution in [3.05, 3.63) is 27.3 Å². The standard InChI is InChI=1S/C17H25IN2O/c1-13-11-14(18)9-10-16(13)20-17(21)12-19-15-7-5-3-2-4-6-8-15/h9-11,15,19H,2-8,12H2,1H3,(H,20,21)/p+1. The molecule has 0 bridgehead atoms. The van der Waals surface area contributed by atoms with Crippen LogP contribution in [0.4, 0.5) is 5.69 Å². The van der Waals surface area contributed by atoms with Crippen LogP contribution in [0.3, 0.4) is 0 Å². The SMILES string of the molecule is Cc1cc(I)ccc1NC(=O)C[NH2+]C1CCCCCCC1. The van der Waals surface area contributed by atoms with E-state index in [4.69, 9.17) is 0 Å². The van der Waals surface area contributed by atoms with Gasteiger partial charge in [0, 0.05) is 9.26 Å². The zero-order chi connectivity index (χ0) is 15.1. The number of amides is 1. The fourth-order valence-electron chi connectivity index (χ4n) is 2.97. The summed E-state index contributed by atoms with van der Waals surface area (Å²) in [6.45, 7) is 2.58. The maximum absolute atomic E-state index is 12.1. The van der Waals surface area contributed by atoms with Gasteiger partial charge in [-0.15, -0.1) is 0 Å². The summed E-state index contributed by atoms with van der Waals surface area (Å²) in [5.41, 5.74) is 2.06. The lowest BCUT2D eigenvalue weighted by Gasteiger charge is -2.18. The minimum absolute atomic E-state index is 0.112. The van der Waals surface area contributed by atoms with Gasteiger partial charge < -0.3 is 10.6 Å². The highest BCUT2D eigenvalue weighted by Gasteiger charge is 2.16. The van der Waals surface area contributed by atoms with Gasteiger partial charge in [0.15, 0.2) is 6.54 Å². The number of carbonyl (C=O) groups excluding carboxylic acids is 1. The minimum atomic E-state index is 0.112. The lowest BCUT2D eigenvalue weighted by atomic mass is 9.97. The molecule has 1 saturated carbocycles. The van der Waals surface area contributed by atoms with Crippen molar-refractivity contribution in [1.82, 2.24) is 0 Å². The number of nitrogens with one attached hydrogen (secondary N) is 1. The molecule has 0 aliphatic heterocycles. The topological polar surface area (TPSA) is 45.7 Å². The van der Waals surface area contributed by atoms with Crippen molar-refractivity contribution < 1.29 is 10.1 Å². The van der Waals surface area contributed by atoms with E-state index in [1.54, 1.807) is 0 Å². The highest BCUT2D eigenvalue weighted by Crippen LogP contribution is 2.17. The summed E-state index contributed by atoms with van der Waals surface area (Å²) >= 11 is 2.29. The smallest absolute Gasteiger partial charge is 0.279 e. The number of rotatable bonds is 4. The Hall–Kier alpha value is -0.620. The van der Waals surface area contributed by atoms with Gasteiger partial charge in [-0.1, -0.05) is 19.3 Å². The molecule has 1 aromatic carbocycles. The highest BCUT2D eigenvalue weighted by atomic mass is 127. The molecule has 1 aliphatic rings. The first-order valence-electron chi connectivity index (χ1n) is 8.04. The van der Waals surface area contributed by atoms with Crippen LogP contribution < -0.4 is 10.6 Å².